The summed E-state index contributed by atoms with van der Waals surface area (Å²) in [7, 11) is 0. The van der Waals surface area contributed by atoms with Crippen LogP contribution in [0.2, 0.25) is 0 Å². The van der Waals surface area contributed by atoms with Crippen molar-refractivity contribution in [2.24, 2.45) is 0 Å². The number of nitrogens with zero attached hydrogens (tertiary/aromatic N) is 2. The summed E-state index contributed by atoms with van der Waals surface area (Å²) >= 11 is 0. The van der Waals surface area contributed by atoms with Crippen molar-refractivity contribution in [2.45, 2.75) is 188 Å². The van der Waals surface area contributed by atoms with Gasteiger partial charge in [0.1, 0.15) is 19.3 Å². The molecule has 11 nitrogen and oxygen atoms in total. The highest BCUT2D eigenvalue weighted by molar-refractivity contribution is 4.98. The molecule has 2 aliphatic heterocycles. The van der Waals surface area contributed by atoms with Gasteiger partial charge in [-0.15, -0.1) is 0 Å². The molecule has 0 aromatic heterocycles. The van der Waals surface area contributed by atoms with E-state index in [0.29, 0.717) is 45.7 Å². The van der Waals surface area contributed by atoms with Gasteiger partial charge in [0, 0.05) is 35.0 Å². The van der Waals surface area contributed by atoms with Gasteiger partial charge < -0.3 is 43.6 Å². The van der Waals surface area contributed by atoms with Crippen molar-refractivity contribution in [3.63, 3.8) is 0 Å². The molecule has 11 heteroatoms. The van der Waals surface area contributed by atoms with Gasteiger partial charge in [-0.3, -0.25) is 0 Å². The molecule has 2 N–H and O–H groups in total. The standard InChI is InChI=1S/C21H43NO4.C11H21NO2.C8H14O3.CH4/c1-9-16(3)24-11-12-25-17(4)13-18(10-2)26-19-14-20(5,6)22(23)21(7,8)15-19;1-6-14-9-7-10(2,3)12(13)11(4,5)8-9;1-3-9-5-7-11-8-6-10-4-2;/h16-19,23H,9-15H2,1-8H3;6,9,13H,1,7-8H2,2-5H3;3-4H,1-2,5-8H2;1H4. The third-order valence-electron chi connectivity index (χ3n) is 9.32. The van der Waals surface area contributed by atoms with E-state index in [-0.39, 0.29) is 54.0 Å². The lowest BCUT2D eigenvalue weighted by Gasteiger charge is -2.51. The largest absolute Gasteiger partial charge is 0.499 e. The predicted molar refractivity (Wildman–Crippen MR) is 212 cm³/mol. The Morgan fingerprint density at radius 2 is 1.02 bits per heavy atom. The Morgan fingerprint density at radius 3 is 1.38 bits per heavy atom. The first-order valence-electron chi connectivity index (χ1n) is 18.9. The van der Waals surface area contributed by atoms with Gasteiger partial charge in [0.2, 0.25) is 0 Å². The molecule has 2 aliphatic rings. The summed E-state index contributed by atoms with van der Waals surface area (Å²) in [5.74, 6) is 0. The van der Waals surface area contributed by atoms with Crippen LogP contribution < -0.4 is 0 Å². The number of hydrogen-bond acceptors (Lipinski definition) is 11. The van der Waals surface area contributed by atoms with Gasteiger partial charge in [0.05, 0.1) is 69.6 Å². The lowest BCUT2D eigenvalue weighted by molar-refractivity contribution is -0.265. The lowest BCUT2D eigenvalue weighted by atomic mass is 9.80. The summed E-state index contributed by atoms with van der Waals surface area (Å²) in [6.07, 6.45) is 11.4. The van der Waals surface area contributed by atoms with Crippen molar-refractivity contribution in [3.8, 4) is 0 Å². The highest BCUT2D eigenvalue weighted by Gasteiger charge is 2.46. The molecule has 0 aromatic carbocycles. The minimum absolute atomic E-state index is 0. The van der Waals surface area contributed by atoms with E-state index in [9.17, 15) is 10.4 Å². The van der Waals surface area contributed by atoms with Crippen molar-refractivity contribution < 1.29 is 43.6 Å². The van der Waals surface area contributed by atoms with Crippen LogP contribution in [-0.4, -0.2) is 113 Å². The van der Waals surface area contributed by atoms with Crippen LogP contribution in [0, 0.1) is 0 Å². The summed E-state index contributed by atoms with van der Waals surface area (Å²) in [5.41, 5.74) is -1.04. The molecule has 3 unspecified atom stereocenters. The van der Waals surface area contributed by atoms with E-state index in [4.69, 9.17) is 33.2 Å². The summed E-state index contributed by atoms with van der Waals surface area (Å²) in [4.78, 5) is 0. The highest BCUT2D eigenvalue weighted by Crippen LogP contribution is 2.39. The zero-order valence-corrected chi connectivity index (χ0v) is 34.6. The Balaban J connectivity index is 0. The van der Waals surface area contributed by atoms with Crippen LogP contribution in [0.5, 0.6) is 0 Å². The highest BCUT2D eigenvalue weighted by atomic mass is 16.5. The number of hydrogen-bond donors (Lipinski definition) is 2. The molecule has 0 saturated carbocycles. The van der Waals surface area contributed by atoms with Crippen molar-refractivity contribution >= 4 is 0 Å². The second-order valence-corrected chi connectivity index (χ2v) is 16.1. The molecule has 2 fully saturated rings. The zero-order chi connectivity index (χ0) is 39.3. The smallest absolute Gasteiger partial charge is 0.111 e. The van der Waals surface area contributed by atoms with Crippen LogP contribution in [0.4, 0.5) is 0 Å². The van der Waals surface area contributed by atoms with Crippen molar-refractivity contribution in [1.29, 1.82) is 0 Å². The summed E-state index contributed by atoms with van der Waals surface area (Å²) in [6.45, 7) is 38.7. The molecule has 2 rings (SSSR count). The first kappa shape index (κ1) is 52.4. The number of piperidine rings is 2. The van der Waals surface area contributed by atoms with E-state index in [0.717, 1.165) is 44.9 Å². The van der Waals surface area contributed by atoms with Crippen LogP contribution in [0.15, 0.2) is 38.5 Å². The Hall–Kier alpha value is -1.70. The lowest BCUT2D eigenvalue weighted by Crippen LogP contribution is -2.60. The third kappa shape index (κ3) is 20.7. The second kappa shape index (κ2) is 26.2. The molecule has 0 bridgehead atoms. The SMILES string of the molecule is C.C=COC1CC(C)(C)N(O)C(C)(C)C1.C=COCCOCCOC=C.CCC(C)OCCOC(C)CC(CC)OC1CC(C)(C)N(O)C(C)(C)C1. The quantitative estimate of drug-likeness (QED) is 0.0866. The van der Waals surface area contributed by atoms with E-state index < -0.39 is 0 Å². The van der Waals surface area contributed by atoms with E-state index in [1.54, 1.807) is 0 Å². The number of rotatable bonds is 21. The Labute approximate surface area is 319 Å². The predicted octanol–water partition coefficient (Wildman–Crippen LogP) is 9.32. The maximum Gasteiger partial charge on any atom is 0.111 e. The molecule has 310 valence electrons. The maximum absolute atomic E-state index is 10.4. The molecule has 2 saturated heterocycles. The average Bonchev–Trinajstić information content (AvgIpc) is 3.04. The maximum atomic E-state index is 10.4. The summed E-state index contributed by atoms with van der Waals surface area (Å²) in [6, 6.07) is 0. The Kier molecular flexibility index (Phi) is 26.4. The van der Waals surface area contributed by atoms with Crippen LogP contribution in [-0.2, 0) is 33.2 Å². The van der Waals surface area contributed by atoms with Gasteiger partial charge >= 0.3 is 0 Å². The Bertz CT molecular complexity index is 895. The van der Waals surface area contributed by atoms with Gasteiger partial charge in [-0.2, -0.15) is 10.1 Å². The molecule has 52 heavy (non-hydrogen) atoms. The van der Waals surface area contributed by atoms with Crippen LogP contribution in [0.25, 0.3) is 0 Å². The molecular weight excluding hydrogens is 664 g/mol. The van der Waals surface area contributed by atoms with Gasteiger partial charge in [-0.05, 0) is 101 Å². The van der Waals surface area contributed by atoms with Crippen molar-refractivity contribution in [1.82, 2.24) is 10.1 Å². The molecular formula is C41H82N2O9. The van der Waals surface area contributed by atoms with Crippen LogP contribution in [0.3, 0.4) is 0 Å². The van der Waals surface area contributed by atoms with Crippen molar-refractivity contribution in [2.75, 3.05) is 39.6 Å². The fraction of sp³-hybridized carbons (Fsp3) is 0.854. The zero-order valence-electron chi connectivity index (χ0n) is 34.6. The molecule has 3 atom stereocenters. The van der Waals surface area contributed by atoms with Crippen molar-refractivity contribution in [3.05, 3.63) is 38.5 Å². The molecule has 2 heterocycles. The van der Waals surface area contributed by atoms with E-state index in [1.165, 1.54) is 28.9 Å². The van der Waals surface area contributed by atoms with E-state index >= 15 is 0 Å². The second-order valence-electron chi connectivity index (χ2n) is 16.1. The number of ether oxygens (including phenoxy) is 7. The van der Waals surface area contributed by atoms with Gasteiger partial charge in [-0.1, -0.05) is 41.0 Å². The topological polar surface area (TPSA) is 112 Å². The molecule has 0 spiro atoms. The monoisotopic (exact) mass is 747 g/mol. The average molecular weight is 747 g/mol. The minimum atomic E-state index is -0.278. The van der Waals surface area contributed by atoms with Gasteiger partial charge in [0.15, 0.2) is 0 Å². The van der Waals surface area contributed by atoms with E-state index in [2.05, 4.69) is 75.1 Å². The van der Waals surface area contributed by atoms with Gasteiger partial charge in [0.25, 0.3) is 0 Å². The van der Waals surface area contributed by atoms with E-state index in [1.807, 2.05) is 27.7 Å². The fourth-order valence-corrected chi connectivity index (χ4v) is 6.81. The molecule has 0 aromatic rings. The normalized spacial score (nSPS) is 21.3. The third-order valence-corrected chi connectivity index (χ3v) is 9.32. The molecule has 0 aliphatic carbocycles. The number of hydroxylamine groups is 4. The Morgan fingerprint density at radius 1 is 0.615 bits per heavy atom. The fourth-order valence-electron chi connectivity index (χ4n) is 6.81. The first-order valence-corrected chi connectivity index (χ1v) is 18.9. The molecule has 0 amide bonds. The summed E-state index contributed by atoms with van der Waals surface area (Å²) < 4.78 is 38.2. The van der Waals surface area contributed by atoms with Gasteiger partial charge in [-0.25, -0.2) is 0 Å². The first-order chi connectivity index (χ1) is 23.7. The van der Waals surface area contributed by atoms with Crippen LogP contribution in [0.1, 0.15) is 135 Å². The minimum Gasteiger partial charge on any atom is -0.499 e. The summed E-state index contributed by atoms with van der Waals surface area (Å²) in [5, 5.41) is 23.4. The molecule has 0 radical (unpaired) electrons. The van der Waals surface area contributed by atoms with Crippen LogP contribution >= 0.6 is 0 Å².